The highest BCUT2D eigenvalue weighted by Crippen LogP contribution is 2.19. The number of ether oxygens (including phenoxy) is 2. The van der Waals surface area contributed by atoms with Gasteiger partial charge in [0.25, 0.3) is 0 Å². The number of carbonyl (C=O) groups excluding carboxylic acids is 4. The van der Waals surface area contributed by atoms with Crippen LogP contribution in [0.1, 0.15) is 32.6 Å². The topological polar surface area (TPSA) is 102 Å². The lowest BCUT2D eigenvalue weighted by atomic mass is 9.93. The summed E-state index contributed by atoms with van der Waals surface area (Å²) in [4.78, 5) is 46.2. The quantitative estimate of drug-likeness (QED) is 0.427. The molecular formula is C13H20N2O6. The van der Waals surface area contributed by atoms with Crippen LogP contribution in [0.3, 0.4) is 0 Å². The van der Waals surface area contributed by atoms with Gasteiger partial charge in [-0.3, -0.25) is 9.59 Å². The van der Waals surface area contributed by atoms with Crippen molar-refractivity contribution in [1.82, 2.24) is 10.2 Å². The first-order chi connectivity index (χ1) is 9.97. The van der Waals surface area contributed by atoms with Gasteiger partial charge in [-0.05, 0) is 19.8 Å². The Bertz CT molecular complexity index is 411. The molecule has 0 spiro atoms. The summed E-state index contributed by atoms with van der Waals surface area (Å²) in [6, 6.07) is -1.29. The fourth-order valence-electron chi connectivity index (χ4n) is 2.04. The molecule has 8 nitrogen and oxygen atoms in total. The van der Waals surface area contributed by atoms with Gasteiger partial charge in [0, 0.05) is 13.5 Å². The third-order valence-electron chi connectivity index (χ3n) is 3.33. The molecule has 0 aromatic heterocycles. The smallest absolute Gasteiger partial charge is 0.413 e. The van der Waals surface area contributed by atoms with E-state index in [4.69, 9.17) is 4.74 Å². The van der Waals surface area contributed by atoms with Gasteiger partial charge in [0.15, 0.2) is 5.78 Å². The predicted molar refractivity (Wildman–Crippen MR) is 71.1 cm³/mol. The van der Waals surface area contributed by atoms with Crippen molar-refractivity contribution in [3.8, 4) is 0 Å². The molecule has 2 unspecified atom stereocenters. The Morgan fingerprint density at radius 1 is 1.43 bits per heavy atom. The minimum atomic E-state index is -0.821. The van der Waals surface area contributed by atoms with Crippen LogP contribution in [-0.4, -0.2) is 55.1 Å². The first-order valence-electron chi connectivity index (χ1n) is 6.76. The Labute approximate surface area is 122 Å². The van der Waals surface area contributed by atoms with E-state index in [0.29, 0.717) is 19.3 Å². The van der Waals surface area contributed by atoms with Crippen LogP contribution in [-0.2, 0) is 23.9 Å². The Morgan fingerprint density at radius 3 is 2.76 bits per heavy atom. The zero-order valence-corrected chi connectivity index (χ0v) is 12.2. The van der Waals surface area contributed by atoms with Gasteiger partial charge < -0.3 is 19.7 Å². The monoisotopic (exact) mass is 300 g/mol. The van der Waals surface area contributed by atoms with Crippen molar-refractivity contribution in [3.63, 3.8) is 0 Å². The summed E-state index contributed by atoms with van der Waals surface area (Å²) in [6.07, 6.45) is 2.46. The zero-order chi connectivity index (χ0) is 15.8. The molecule has 1 N–H and O–H groups in total. The second kappa shape index (κ2) is 8.23. The number of amides is 2. The highest BCUT2D eigenvalue weighted by atomic mass is 16.7. The maximum Gasteiger partial charge on any atom is 0.413 e. The molecule has 1 saturated carbocycles. The van der Waals surface area contributed by atoms with Crippen LogP contribution >= 0.6 is 0 Å². The predicted octanol–water partition coefficient (Wildman–Crippen LogP) is 0.202. The van der Waals surface area contributed by atoms with E-state index < -0.39 is 30.9 Å². The van der Waals surface area contributed by atoms with E-state index in [1.54, 1.807) is 0 Å². The lowest BCUT2D eigenvalue weighted by Gasteiger charge is -2.29. The van der Waals surface area contributed by atoms with Crippen molar-refractivity contribution in [1.29, 1.82) is 0 Å². The van der Waals surface area contributed by atoms with Crippen molar-refractivity contribution in [2.24, 2.45) is 0 Å². The summed E-state index contributed by atoms with van der Waals surface area (Å²) in [6.45, 7) is 0.874. The Hall–Kier alpha value is -2.12. The molecular weight excluding hydrogens is 280 g/mol. The standard InChI is InChI=1S/C13H20N2O6/c1-9(14-7-16)12(18)20-8-21-13(19)15(2)10-5-3-4-6-11(10)17/h7,9-10H,3-6,8H2,1-2H3,(H,14,16). The fourth-order valence-corrected chi connectivity index (χ4v) is 2.04. The number of likely N-dealkylation sites (N-methyl/N-ethyl adjacent to an activating group) is 1. The number of nitrogens with zero attached hydrogens (tertiary/aromatic N) is 1. The molecule has 0 bridgehead atoms. The average Bonchev–Trinajstić information content (AvgIpc) is 2.47. The van der Waals surface area contributed by atoms with E-state index in [1.165, 1.54) is 18.9 Å². The molecule has 0 aliphatic heterocycles. The number of rotatable bonds is 6. The summed E-state index contributed by atoms with van der Waals surface area (Å²) < 4.78 is 9.46. The van der Waals surface area contributed by atoms with Crippen LogP contribution in [0.2, 0.25) is 0 Å². The van der Waals surface area contributed by atoms with Gasteiger partial charge in [-0.1, -0.05) is 6.42 Å². The molecule has 2 amide bonds. The third kappa shape index (κ3) is 5.05. The SMILES string of the molecule is CC(NC=O)C(=O)OCOC(=O)N(C)C1CCCCC1=O. The van der Waals surface area contributed by atoms with Crippen LogP contribution in [0, 0.1) is 0 Å². The van der Waals surface area contributed by atoms with Crippen molar-refractivity contribution in [2.75, 3.05) is 13.8 Å². The van der Waals surface area contributed by atoms with Crippen LogP contribution < -0.4 is 5.32 Å². The molecule has 2 atom stereocenters. The normalized spacial score (nSPS) is 19.3. The average molecular weight is 300 g/mol. The number of Topliss-reactive ketones (excluding diaryl/α,β-unsaturated/α-hetero) is 1. The van der Waals surface area contributed by atoms with Crippen molar-refractivity contribution < 1.29 is 28.7 Å². The maximum absolute atomic E-state index is 11.8. The van der Waals surface area contributed by atoms with E-state index >= 15 is 0 Å². The summed E-state index contributed by atoms with van der Waals surface area (Å²) in [5, 5.41) is 2.21. The van der Waals surface area contributed by atoms with E-state index in [9.17, 15) is 19.2 Å². The molecule has 118 valence electrons. The highest BCUT2D eigenvalue weighted by molar-refractivity contribution is 5.87. The van der Waals surface area contributed by atoms with E-state index in [0.717, 1.165) is 12.8 Å². The minimum Gasteiger partial charge on any atom is -0.426 e. The van der Waals surface area contributed by atoms with Crippen LogP contribution in [0.25, 0.3) is 0 Å². The van der Waals surface area contributed by atoms with Gasteiger partial charge >= 0.3 is 12.1 Å². The largest absolute Gasteiger partial charge is 0.426 e. The maximum atomic E-state index is 11.8. The lowest BCUT2D eigenvalue weighted by Crippen LogP contribution is -2.44. The summed E-state index contributed by atoms with van der Waals surface area (Å²) in [7, 11) is 1.48. The first-order valence-corrected chi connectivity index (χ1v) is 6.76. The Balaban J connectivity index is 2.34. The van der Waals surface area contributed by atoms with E-state index in [-0.39, 0.29) is 5.78 Å². The Kier molecular flexibility index (Phi) is 6.64. The van der Waals surface area contributed by atoms with Gasteiger partial charge in [-0.25, -0.2) is 9.59 Å². The first kappa shape index (κ1) is 16.9. The van der Waals surface area contributed by atoms with Crippen molar-refractivity contribution >= 4 is 24.3 Å². The molecule has 0 heterocycles. The van der Waals surface area contributed by atoms with Crippen LogP contribution in [0.5, 0.6) is 0 Å². The molecule has 0 radical (unpaired) electrons. The molecule has 8 heteroatoms. The second-order valence-electron chi connectivity index (χ2n) is 4.84. The Morgan fingerprint density at radius 2 is 2.14 bits per heavy atom. The number of nitrogens with one attached hydrogen (secondary N) is 1. The molecule has 0 aromatic carbocycles. The summed E-state index contributed by atoms with van der Waals surface area (Å²) >= 11 is 0. The molecule has 1 aliphatic rings. The third-order valence-corrected chi connectivity index (χ3v) is 3.33. The molecule has 21 heavy (non-hydrogen) atoms. The molecule has 1 aliphatic carbocycles. The lowest BCUT2D eigenvalue weighted by molar-refractivity contribution is -0.155. The zero-order valence-electron chi connectivity index (χ0n) is 12.2. The van der Waals surface area contributed by atoms with E-state index in [1.807, 2.05) is 0 Å². The number of esters is 1. The summed E-state index contributed by atoms with van der Waals surface area (Å²) in [5.74, 6) is -0.701. The minimum absolute atomic E-state index is 0.0153. The van der Waals surface area contributed by atoms with Crippen molar-refractivity contribution in [2.45, 2.75) is 44.7 Å². The second-order valence-corrected chi connectivity index (χ2v) is 4.84. The summed E-state index contributed by atoms with van der Waals surface area (Å²) in [5.41, 5.74) is 0. The van der Waals surface area contributed by atoms with Gasteiger partial charge in [0.2, 0.25) is 13.2 Å². The van der Waals surface area contributed by atoms with E-state index in [2.05, 4.69) is 10.1 Å². The van der Waals surface area contributed by atoms with Gasteiger partial charge in [-0.15, -0.1) is 0 Å². The van der Waals surface area contributed by atoms with Crippen molar-refractivity contribution in [3.05, 3.63) is 0 Å². The number of ketones is 1. The van der Waals surface area contributed by atoms with Crippen LogP contribution in [0.4, 0.5) is 4.79 Å². The number of hydrogen-bond acceptors (Lipinski definition) is 6. The van der Waals surface area contributed by atoms with Crippen LogP contribution in [0.15, 0.2) is 0 Å². The number of hydrogen-bond donors (Lipinski definition) is 1. The van der Waals surface area contributed by atoms with Gasteiger partial charge in [0.05, 0.1) is 6.04 Å². The molecule has 1 fully saturated rings. The fraction of sp³-hybridized carbons (Fsp3) is 0.692. The van der Waals surface area contributed by atoms with Gasteiger partial charge in [0.1, 0.15) is 6.04 Å². The molecule has 1 rings (SSSR count). The number of carbonyl (C=O) groups is 4. The highest BCUT2D eigenvalue weighted by Gasteiger charge is 2.29. The molecule has 0 aromatic rings. The van der Waals surface area contributed by atoms with Gasteiger partial charge in [-0.2, -0.15) is 0 Å². The molecule has 0 saturated heterocycles.